The molecule has 0 N–H and O–H groups in total. The van der Waals surface area contributed by atoms with Gasteiger partial charge in [0.05, 0.1) is 0 Å². The highest BCUT2D eigenvalue weighted by atomic mass is 14.7. The second-order valence-corrected chi connectivity index (χ2v) is 6.86. The Morgan fingerprint density at radius 1 is 1.11 bits per heavy atom. The van der Waals surface area contributed by atoms with Crippen molar-refractivity contribution in [3.8, 4) is 0 Å². The van der Waals surface area contributed by atoms with Gasteiger partial charge in [-0.2, -0.15) is 0 Å². The number of hydrogen-bond donors (Lipinski definition) is 0. The molecule has 2 atom stereocenters. The fourth-order valence-electron chi connectivity index (χ4n) is 2.05. The van der Waals surface area contributed by atoms with E-state index in [1.54, 1.807) is 0 Å². The van der Waals surface area contributed by atoms with Crippen LogP contribution in [0.4, 0.5) is 0 Å². The minimum absolute atomic E-state index is 0.276. The first-order valence-electron chi connectivity index (χ1n) is 7.45. The summed E-state index contributed by atoms with van der Waals surface area (Å²) >= 11 is 0. The van der Waals surface area contributed by atoms with E-state index in [4.69, 9.17) is 0 Å². The van der Waals surface area contributed by atoms with E-state index in [0.717, 1.165) is 13.0 Å². The maximum atomic E-state index is 4.55. The van der Waals surface area contributed by atoms with Crippen LogP contribution in [0.2, 0.25) is 0 Å². The van der Waals surface area contributed by atoms with Gasteiger partial charge < -0.3 is 0 Å². The maximum Gasteiger partial charge on any atom is 0.0416 e. The minimum Gasteiger partial charge on any atom is -0.297 e. The molecular weight excluding hydrogens is 218 g/mol. The normalized spacial score (nSPS) is 16.9. The molecule has 0 aliphatic carbocycles. The number of allylic oxidation sites excluding steroid dienone is 2. The summed E-state index contributed by atoms with van der Waals surface area (Å²) in [6, 6.07) is 0. The highest BCUT2D eigenvalue weighted by Gasteiger charge is 2.18. The molecule has 18 heavy (non-hydrogen) atoms. The lowest BCUT2D eigenvalue weighted by Crippen LogP contribution is -2.19. The predicted molar refractivity (Wildman–Crippen MR) is 84.4 cm³/mol. The molecule has 0 radical (unpaired) electrons. The standard InChI is InChI=1S/C17H33N/c1-8-9-12-18-13-15(4)16(14(2)3)10-11-17(5,6)7/h10-12,14-16H,8-9,13H2,1-7H3/b11-10-,18-12?. The largest absolute Gasteiger partial charge is 0.297 e. The molecule has 1 heteroatoms. The summed E-state index contributed by atoms with van der Waals surface area (Å²) in [6.07, 6.45) is 9.14. The van der Waals surface area contributed by atoms with Gasteiger partial charge in [0.25, 0.3) is 0 Å². The fraction of sp³-hybridized carbons (Fsp3) is 0.824. The van der Waals surface area contributed by atoms with Gasteiger partial charge in [-0.15, -0.1) is 0 Å². The molecule has 0 rings (SSSR count). The van der Waals surface area contributed by atoms with Crippen LogP contribution in [-0.2, 0) is 0 Å². The molecule has 0 heterocycles. The Bertz CT molecular complexity index is 255. The molecule has 0 saturated carbocycles. The average molecular weight is 251 g/mol. The van der Waals surface area contributed by atoms with Gasteiger partial charge in [-0.05, 0) is 35.8 Å². The summed E-state index contributed by atoms with van der Waals surface area (Å²) in [7, 11) is 0. The van der Waals surface area contributed by atoms with Crippen LogP contribution in [-0.4, -0.2) is 12.8 Å². The molecule has 1 nitrogen and oxygen atoms in total. The lowest BCUT2D eigenvalue weighted by Gasteiger charge is -2.24. The lowest BCUT2D eigenvalue weighted by molar-refractivity contribution is 0.337. The quantitative estimate of drug-likeness (QED) is 0.426. The Balaban J connectivity index is 4.46. The van der Waals surface area contributed by atoms with Crippen molar-refractivity contribution in [2.75, 3.05) is 6.54 Å². The number of nitrogens with zero attached hydrogens (tertiary/aromatic N) is 1. The van der Waals surface area contributed by atoms with Crippen LogP contribution >= 0.6 is 0 Å². The van der Waals surface area contributed by atoms with E-state index in [2.05, 4.69) is 71.8 Å². The summed E-state index contributed by atoms with van der Waals surface area (Å²) in [6.45, 7) is 16.9. The molecule has 0 amide bonds. The Labute approximate surface area is 115 Å². The van der Waals surface area contributed by atoms with E-state index in [1.165, 1.54) is 6.42 Å². The Kier molecular flexibility index (Phi) is 8.22. The van der Waals surface area contributed by atoms with Crippen molar-refractivity contribution in [2.24, 2.45) is 28.2 Å². The topological polar surface area (TPSA) is 12.4 Å². The summed E-state index contributed by atoms with van der Waals surface area (Å²) < 4.78 is 0. The highest BCUT2D eigenvalue weighted by molar-refractivity contribution is 5.56. The molecule has 0 fully saturated rings. The molecule has 0 aromatic rings. The fourth-order valence-corrected chi connectivity index (χ4v) is 2.05. The molecule has 0 aliphatic heterocycles. The number of rotatable bonds is 7. The summed E-state index contributed by atoms with van der Waals surface area (Å²) in [5, 5.41) is 0. The van der Waals surface area contributed by atoms with Gasteiger partial charge in [-0.3, -0.25) is 4.99 Å². The second-order valence-electron chi connectivity index (χ2n) is 6.86. The van der Waals surface area contributed by atoms with Crippen LogP contribution in [0.5, 0.6) is 0 Å². The van der Waals surface area contributed by atoms with E-state index >= 15 is 0 Å². The van der Waals surface area contributed by atoms with Crippen molar-refractivity contribution < 1.29 is 0 Å². The van der Waals surface area contributed by atoms with Crippen LogP contribution in [0.15, 0.2) is 17.1 Å². The zero-order valence-electron chi connectivity index (χ0n) is 13.5. The van der Waals surface area contributed by atoms with Gasteiger partial charge in [-0.25, -0.2) is 0 Å². The van der Waals surface area contributed by atoms with Gasteiger partial charge >= 0.3 is 0 Å². The van der Waals surface area contributed by atoms with E-state index in [1.807, 2.05) is 0 Å². The molecule has 106 valence electrons. The number of aliphatic imine (C=N–C) groups is 1. The Hall–Kier alpha value is -0.590. The Morgan fingerprint density at radius 3 is 2.17 bits per heavy atom. The SMILES string of the molecule is CCCC=NCC(C)C(/C=C\C(C)(C)C)C(C)C. The van der Waals surface area contributed by atoms with Crippen LogP contribution < -0.4 is 0 Å². The third-order valence-electron chi connectivity index (χ3n) is 3.19. The van der Waals surface area contributed by atoms with Crippen molar-refractivity contribution in [3.63, 3.8) is 0 Å². The summed E-state index contributed by atoms with van der Waals surface area (Å²) in [5.41, 5.74) is 0.276. The monoisotopic (exact) mass is 251 g/mol. The van der Waals surface area contributed by atoms with Crippen LogP contribution in [0.3, 0.4) is 0 Å². The van der Waals surface area contributed by atoms with Crippen LogP contribution in [0, 0.1) is 23.2 Å². The van der Waals surface area contributed by atoms with E-state index < -0.39 is 0 Å². The minimum atomic E-state index is 0.276. The lowest BCUT2D eigenvalue weighted by atomic mass is 9.82. The van der Waals surface area contributed by atoms with Gasteiger partial charge in [-0.1, -0.05) is 67.0 Å². The molecule has 0 aromatic heterocycles. The van der Waals surface area contributed by atoms with Crippen molar-refractivity contribution in [1.82, 2.24) is 0 Å². The van der Waals surface area contributed by atoms with E-state index in [9.17, 15) is 0 Å². The van der Waals surface area contributed by atoms with Gasteiger partial charge in [0.15, 0.2) is 0 Å². The zero-order valence-corrected chi connectivity index (χ0v) is 13.5. The van der Waals surface area contributed by atoms with Crippen LogP contribution in [0.25, 0.3) is 0 Å². The summed E-state index contributed by atoms with van der Waals surface area (Å²) in [4.78, 5) is 4.55. The average Bonchev–Trinajstić information content (AvgIpc) is 2.22. The molecule has 0 spiro atoms. The maximum absolute atomic E-state index is 4.55. The summed E-state index contributed by atoms with van der Waals surface area (Å²) in [5.74, 6) is 1.93. The van der Waals surface area contributed by atoms with Gasteiger partial charge in [0, 0.05) is 6.54 Å². The molecule has 2 unspecified atom stereocenters. The highest BCUT2D eigenvalue weighted by Crippen LogP contribution is 2.25. The number of unbranched alkanes of at least 4 members (excludes halogenated alkanes) is 1. The van der Waals surface area contributed by atoms with Gasteiger partial charge in [0.1, 0.15) is 0 Å². The third kappa shape index (κ3) is 8.49. The molecular formula is C17H33N. The second kappa shape index (κ2) is 8.50. The first-order valence-corrected chi connectivity index (χ1v) is 7.45. The third-order valence-corrected chi connectivity index (χ3v) is 3.19. The predicted octanol–water partition coefficient (Wildman–Crippen LogP) is 5.37. The van der Waals surface area contributed by atoms with E-state index in [-0.39, 0.29) is 5.41 Å². The van der Waals surface area contributed by atoms with Crippen molar-refractivity contribution in [2.45, 2.75) is 61.3 Å². The number of hydrogen-bond acceptors (Lipinski definition) is 1. The van der Waals surface area contributed by atoms with Crippen molar-refractivity contribution in [1.29, 1.82) is 0 Å². The Morgan fingerprint density at radius 2 is 1.72 bits per heavy atom. The molecule has 0 aliphatic rings. The molecule has 0 saturated heterocycles. The smallest absolute Gasteiger partial charge is 0.0416 e. The van der Waals surface area contributed by atoms with Crippen molar-refractivity contribution >= 4 is 6.21 Å². The first-order chi connectivity index (χ1) is 8.28. The van der Waals surface area contributed by atoms with E-state index in [0.29, 0.717) is 17.8 Å². The molecule has 0 aromatic carbocycles. The molecule has 0 bridgehead atoms. The van der Waals surface area contributed by atoms with Crippen LogP contribution in [0.1, 0.15) is 61.3 Å². The van der Waals surface area contributed by atoms with Gasteiger partial charge in [0.2, 0.25) is 0 Å². The zero-order chi connectivity index (χ0) is 14.2. The first kappa shape index (κ1) is 17.4. The van der Waals surface area contributed by atoms with Crippen molar-refractivity contribution in [3.05, 3.63) is 12.2 Å².